The van der Waals surface area contributed by atoms with Gasteiger partial charge in [-0.05, 0) is 40.7 Å². The quantitative estimate of drug-likeness (QED) is 0.789. The van der Waals surface area contributed by atoms with Crippen molar-refractivity contribution in [1.82, 2.24) is 9.55 Å². The lowest BCUT2D eigenvalue weighted by molar-refractivity contribution is -0.142. The molecule has 2 aromatic heterocycles. The van der Waals surface area contributed by atoms with Crippen LogP contribution in [0.2, 0.25) is 0 Å². The van der Waals surface area contributed by atoms with E-state index in [1.54, 1.807) is 46.8 Å². The SMILES string of the molecule is CCOC(=O)Cc1c(C)n(C(=O)OC(C)(C)C)c2ccc(OC)nc12. The van der Waals surface area contributed by atoms with Crippen LogP contribution >= 0.6 is 0 Å². The van der Waals surface area contributed by atoms with E-state index in [9.17, 15) is 9.59 Å². The van der Waals surface area contributed by atoms with Crippen LogP contribution in [0.15, 0.2) is 12.1 Å². The molecule has 0 radical (unpaired) electrons. The fourth-order valence-electron chi connectivity index (χ4n) is 2.55. The molecular weight excluding hydrogens is 324 g/mol. The number of aromatic nitrogens is 2. The Kier molecular flexibility index (Phi) is 5.35. The average molecular weight is 348 g/mol. The van der Waals surface area contributed by atoms with Gasteiger partial charge in [0.1, 0.15) is 5.60 Å². The fraction of sp³-hybridized carbons (Fsp3) is 0.500. The lowest BCUT2D eigenvalue weighted by Crippen LogP contribution is -2.27. The Morgan fingerprint density at radius 3 is 2.48 bits per heavy atom. The number of pyridine rings is 1. The average Bonchev–Trinajstić information content (AvgIpc) is 2.77. The van der Waals surface area contributed by atoms with E-state index in [4.69, 9.17) is 14.2 Å². The second-order valence-electron chi connectivity index (χ2n) is 6.58. The summed E-state index contributed by atoms with van der Waals surface area (Å²) in [6, 6.07) is 3.39. The number of nitrogens with zero attached hydrogens (tertiary/aromatic N) is 2. The number of hydrogen-bond donors (Lipinski definition) is 0. The van der Waals surface area contributed by atoms with Gasteiger partial charge in [-0.3, -0.25) is 4.79 Å². The standard InChI is InChI=1S/C18H24N2O5/c1-7-24-15(21)10-12-11(2)20(17(22)25-18(3,4)5)13-8-9-14(23-6)19-16(12)13/h8-9H,7,10H2,1-6H3. The summed E-state index contributed by atoms with van der Waals surface area (Å²) < 4.78 is 17.1. The Balaban J connectivity index is 2.60. The van der Waals surface area contributed by atoms with Crippen LogP contribution in [0.5, 0.6) is 5.88 Å². The molecule has 0 aliphatic rings. The van der Waals surface area contributed by atoms with Gasteiger partial charge in [-0.1, -0.05) is 0 Å². The Hall–Kier alpha value is -2.57. The van der Waals surface area contributed by atoms with Crippen LogP contribution < -0.4 is 4.74 Å². The third-order valence-electron chi connectivity index (χ3n) is 3.56. The van der Waals surface area contributed by atoms with Gasteiger partial charge in [0.2, 0.25) is 5.88 Å². The Bertz CT molecular complexity index is 802. The lowest BCUT2D eigenvalue weighted by atomic mass is 10.1. The van der Waals surface area contributed by atoms with Crippen LogP contribution in [0.1, 0.15) is 39.0 Å². The molecule has 0 spiro atoms. The van der Waals surface area contributed by atoms with Crippen LogP contribution in [-0.2, 0) is 20.7 Å². The van der Waals surface area contributed by atoms with Crippen LogP contribution in [0.4, 0.5) is 4.79 Å². The van der Waals surface area contributed by atoms with Gasteiger partial charge < -0.3 is 14.2 Å². The van der Waals surface area contributed by atoms with Crippen molar-refractivity contribution in [2.45, 2.75) is 46.6 Å². The normalized spacial score (nSPS) is 11.4. The number of hydrogen-bond acceptors (Lipinski definition) is 6. The summed E-state index contributed by atoms with van der Waals surface area (Å²) in [5.41, 5.74) is 1.67. The first-order valence-corrected chi connectivity index (χ1v) is 8.11. The van der Waals surface area contributed by atoms with Gasteiger partial charge in [0.15, 0.2) is 0 Å². The molecule has 2 heterocycles. The molecule has 7 heteroatoms. The molecule has 2 rings (SSSR count). The molecule has 0 saturated carbocycles. The van der Waals surface area contributed by atoms with Crippen LogP contribution in [0, 0.1) is 6.92 Å². The highest BCUT2D eigenvalue weighted by Gasteiger charge is 2.26. The van der Waals surface area contributed by atoms with E-state index in [1.807, 2.05) is 0 Å². The molecule has 0 aliphatic carbocycles. The molecule has 136 valence electrons. The second-order valence-corrected chi connectivity index (χ2v) is 6.58. The molecule has 2 aromatic rings. The van der Waals surface area contributed by atoms with Crippen molar-refractivity contribution in [2.75, 3.05) is 13.7 Å². The molecule has 0 saturated heterocycles. The minimum Gasteiger partial charge on any atom is -0.481 e. The van der Waals surface area contributed by atoms with Crippen molar-refractivity contribution in [1.29, 1.82) is 0 Å². The fourth-order valence-corrected chi connectivity index (χ4v) is 2.55. The maximum atomic E-state index is 12.6. The molecule has 7 nitrogen and oxygen atoms in total. The second kappa shape index (κ2) is 7.13. The van der Waals surface area contributed by atoms with Gasteiger partial charge in [-0.15, -0.1) is 0 Å². The summed E-state index contributed by atoms with van der Waals surface area (Å²) in [6.45, 7) is 9.19. The molecule has 0 amide bonds. The van der Waals surface area contributed by atoms with E-state index < -0.39 is 11.7 Å². The summed E-state index contributed by atoms with van der Waals surface area (Å²) in [5.74, 6) is 0.0254. The zero-order valence-electron chi connectivity index (χ0n) is 15.5. The number of ether oxygens (including phenoxy) is 3. The largest absolute Gasteiger partial charge is 0.481 e. The molecule has 25 heavy (non-hydrogen) atoms. The van der Waals surface area contributed by atoms with E-state index in [0.29, 0.717) is 34.8 Å². The topological polar surface area (TPSA) is 79.7 Å². The third-order valence-corrected chi connectivity index (χ3v) is 3.56. The number of rotatable bonds is 4. The summed E-state index contributed by atoms with van der Waals surface area (Å²) >= 11 is 0. The minimum atomic E-state index is -0.638. The number of methoxy groups -OCH3 is 1. The van der Waals surface area contributed by atoms with Crippen LogP contribution in [0.3, 0.4) is 0 Å². The molecule has 0 aromatic carbocycles. The van der Waals surface area contributed by atoms with Crippen molar-refractivity contribution < 1.29 is 23.8 Å². The van der Waals surface area contributed by atoms with Crippen molar-refractivity contribution in [3.8, 4) is 5.88 Å². The maximum Gasteiger partial charge on any atom is 0.419 e. The number of fused-ring (bicyclic) bond motifs is 1. The van der Waals surface area contributed by atoms with Gasteiger partial charge >= 0.3 is 12.1 Å². The summed E-state index contributed by atoms with van der Waals surface area (Å²) in [5, 5.41) is 0. The molecule has 0 fully saturated rings. The predicted octanol–water partition coefficient (Wildman–Crippen LogP) is 3.24. The smallest absolute Gasteiger partial charge is 0.419 e. The van der Waals surface area contributed by atoms with Gasteiger partial charge in [0.25, 0.3) is 0 Å². The van der Waals surface area contributed by atoms with E-state index in [-0.39, 0.29) is 12.4 Å². The Morgan fingerprint density at radius 1 is 1.24 bits per heavy atom. The molecule has 0 atom stereocenters. The van der Waals surface area contributed by atoms with E-state index in [1.165, 1.54) is 11.7 Å². The first kappa shape index (κ1) is 18.8. The van der Waals surface area contributed by atoms with Gasteiger partial charge in [-0.25, -0.2) is 14.3 Å². The zero-order valence-corrected chi connectivity index (χ0v) is 15.5. The summed E-state index contributed by atoms with van der Waals surface area (Å²) in [7, 11) is 1.51. The van der Waals surface area contributed by atoms with Gasteiger partial charge in [0.05, 0.1) is 31.2 Å². The summed E-state index contributed by atoms with van der Waals surface area (Å²) in [4.78, 5) is 29.0. The molecular formula is C18H24N2O5. The predicted molar refractivity (Wildman–Crippen MR) is 93.0 cm³/mol. The van der Waals surface area contributed by atoms with Crippen molar-refractivity contribution in [3.05, 3.63) is 23.4 Å². The van der Waals surface area contributed by atoms with Crippen LogP contribution in [0.25, 0.3) is 11.0 Å². The third kappa shape index (κ3) is 4.10. The highest BCUT2D eigenvalue weighted by atomic mass is 16.6. The lowest BCUT2D eigenvalue weighted by Gasteiger charge is -2.20. The molecule has 0 unspecified atom stereocenters. The van der Waals surface area contributed by atoms with E-state index in [2.05, 4.69) is 4.98 Å². The van der Waals surface area contributed by atoms with E-state index in [0.717, 1.165) is 0 Å². The number of carbonyl (C=O) groups excluding carboxylic acids is 2. The first-order chi connectivity index (χ1) is 11.7. The maximum absolute atomic E-state index is 12.6. The van der Waals surface area contributed by atoms with Gasteiger partial charge in [0, 0.05) is 17.3 Å². The van der Waals surface area contributed by atoms with Gasteiger partial charge in [-0.2, -0.15) is 0 Å². The van der Waals surface area contributed by atoms with Crippen molar-refractivity contribution >= 4 is 23.1 Å². The highest BCUT2D eigenvalue weighted by molar-refractivity contribution is 5.93. The van der Waals surface area contributed by atoms with Crippen molar-refractivity contribution in [3.63, 3.8) is 0 Å². The number of carbonyl (C=O) groups is 2. The summed E-state index contributed by atoms with van der Waals surface area (Å²) in [6.07, 6.45) is -0.497. The van der Waals surface area contributed by atoms with Crippen LogP contribution in [-0.4, -0.2) is 40.9 Å². The number of esters is 1. The monoisotopic (exact) mass is 348 g/mol. The zero-order chi connectivity index (χ0) is 18.8. The molecule has 0 bridgehead atoms. The first-order valence-electron chi connectivity index (χ1n) is 8.11. The van der Waals surface area contributed by atoms with E-state index >= 15 is 0 Å². The molecule has 0 aliphatic heterocycles. The highest BCUT2D eigenvalue weighted by Crippen LogP contribution is 2.28. The van der Waals surface area contributed by atoms with Crippen molar-refractivity contribution in [2.24, 2.45) is 0 Å². The Morgan fingerprint density at radius 2 is 1.92 bits per heavy atom. The Labute approximate surface area is 146 Å². The molecule has 0 N–H and O–H groups in total. The minimum absolute atomic E-state index is 0.0200.